The SMILES string of the molecule is CCc1c(-c2ccccc2)nc(-c2ccccc2)n2c1c(CCCl)c1ccccc12. The topological polar surface area (TPSA) is 17.3 Å². The van der Waals surface area contributed by atoms with Gasteiger partial charge in [-0.3, -0.25) is 4.40 Å². The van der Waals surface area contributed by atoms with Gasteiger partial charge in [0.25, 0.3) is 0 Å². The summed E-state index contributed by atoms with van der Waals surface area (Å²) in [7, 11) is 0. The van der Waals surface area contributed by atoms with Crippen molar-refractivity contribution in [2.45, 2.75) is 19.8 Å². The number of para-hydroxylation sites is 1. The van der Waals surface area contributed by atoms with Crippen LogP contribution in [0.3, 0.4) is 0 Å². The molecule has 2 heterocycles. The molecule has 5 rings (SSSR count). The highest BCUT2D eigenvalue weighted by molar-refractivity contribution is 6.18. The van der Waals surface area contributed by atoms with Crippen molar-refractivity contribution in [3.05, 3.63) is 96.1 Å². The predicted molar refractivity (Wildman–Crippen MR) is 127 cm³/mol. The normalized spacial score (nSPS) is 11.4. The molecule has 148 valence electrons. The molecule has 2 aromatic heterocycles. The molecule has 0 spiro atoms. The van der Waals surface area contributed by atoms with Gasteiger partial charge in [-0.05, 0) is 24.5 Å². The molecule has 3 aromatic carbocycles. The third-order valence-electron chi connectivity index (χ3n) is 5.76. The minimum atomic E-state index is 0.594. The second-order valence-corrected chi connectivity index (χ2v) is 7.84. The highest BCUT2D eigenvalue weighted by Gasteiger charge is 2.22. The standard InChI is InChI=1S/C27H23ClN2/c1-2-21-25(19-11-5-3-6-12-19)29-27(20-13-7-4-8-14-20)30-24-16-10-9-15-22(24)23(17-18-28)26(21)30/h3-16H,2,17-18H2,1H3. The van der Waals surface area contributed by atoms with E-state index in [1.54, 1.807) is 0 Å². The molecule has 0 aliphatic rings. The van der Waals surface area contributed by atoms with Gasteiger partial charge in [0.15, 0.2) is 0 Å². The Morgan fingerprint density at radius 1 is 0.767 bits per heavy atom. The molecule has 0 saturated heterocycles. The Bertz CT molecular complexity index is 1320. The molecule has 0 saturated carbocycles. The van der Waals surface area contributed by atoms with Gasteiger partial charge in [-0.2, -0.15) is 0 Å². The lowest BCUT2D eigenvalue weighted by atomic mass is 9.99. The molecule has 0 N–H and O–H groups in total. The highest BCUT2D eigenvalue weighted by Crippen LogP contribution is 2.37. The van der Waals surface area contributed by atoms with Crippen molar-refractivity contribution < 1.29 is 0 Å². The number of fused-ring (bicyclic) bond motifs is 3. The van der Waals surface area contributed by atoms with Crippen LogP contribution in [0.15, 0.2) is 84.9 Å². The third-order valence-corrected chi connectivity index (χ3v) is 5.95. The van der Waals surface area contributed by atoms with Gasteiger partial charge >= 0.3 is 0 Å². The van der Waals surface area contributed by atoms with Gasteiger partial charge in [0.2, 0.25) is 0 Å². The first-order valence-electron chi connectivity index (χ1n) is 10.4. The average Bonchev–Trinajstić information content (AvgIpc) is 3.14. The average molecular weight is 411 g/mol. The molecule has 5 aromatic rings. The Kier molecular flexibility index (Phi) is 5.02. The molecule has 0 unspecified atom stereocenters. The van der Waals surface area contributed by atoms with Crippen molar-refractivity contribution in [1.82, 2.24) is 9.38 Å². The Labute approximate surface area is 181 Å². The summed E-state index contributed by atoms with van der Waals surface area (Å²) in [4.78, 5) is 5.27. The molecular weight excluding hydrogens is 388 g/mol. The zero-order valence-electron chi connectivity index (χ0n) is 17.0. The summed E-state index contributed by atoms with van der Waals surface area (Å²) in [5, 5.41) is 1.26. The minimum absolute atomic E-state index is 0.594. The molecule has 2 nitrogen and oxygen atoms in total. The minimum Gasteiger partial charge on any atom is -0.293 e. The second-order valence-electron chi connectivity index (χ2n) is 7.47. The van der Waals surface area contributed by atoms with Gasteiger partial charge < -0.3 is 0 Å². The summed E-state index contributed by atoms with van der Waals surface area (Å²) >= 11 is 6.28. The maximum atomic E-state index is 6.28. The van der Waals surface area contributed by atoms with Gasteiger partial charge in [-0.1, -0.05) is 85.8 Å². The van der Waals surface area contributed by atoms with Crippen LogP contribution < -0.4 is 0 Å². The van der Waals surface area contributed by atoms with Crippen LogP contribution in [0.5, 0.6) is 0 Å². The van der Waals surface area contributed by atoms with Crippen molar-refractivity contribution in [3.63, 3.8) is 0 Å². The monoisotopic (exact) mass is 410 g/mol. The summed E-state index contributed by atoms with van der Waals surface area (Å²) in [6.45, 7) is 2.22. The summed E-state index contributed by atoms with van der Waals surface area (Å²) in [5.41, 5.74) is 8.35. The van der Waals surface area contributed by atoms with E-state index in [0.29, 0.717) is 5.88 Å². The van der Waals surface area contributed by atoms with E-state index < -0.39 is 0 Å². The number of hydrogen-bond acceptors (Lipinski definition) is 1. The molecule has 0 aliphatic heterocycles. The number of halogens is 1. The van der Waals surface area contributed by atoms with E-state index in [9.17, 15) is 0 Å². The molecule has 0 bridgehead atoms. The van der Waals surface area contributed by atoms with Gasteiger partial charge in [-0.25, -0.2) is 4.98 Å². The molecule has 30 heavy (non-hydrogen) atoms. The van der Waals surface area contributed by atoms with Crippen LogP contribution in [0.2, 0.25) is 0 Å². The second kappa shape index (κ2) is 7.97. The van der Waals surface area contributed by atoms with E-state index in [-0.39, 0.29) is 0 Å². The maximum Gasteiger partial charge on any atom is 0.145 e. The Hall–Kier alpha value is -3.10. The van der Waals surface area contributed by atoms with E-state index in [1.165, 1.54) is 27.5 Å². The molecule has 0 amide bonds. The summed E-state index contributed by atoms with van der Waals surface area (Å²) < 4.78 is 2.35. The number of alkyl halides is 1. The molecule has 0 atom stereocenters. The molecule has 0 aliphatic carbocycles. The summed E-state index contributed by atoms with van der Waals surface area (Å²) in [6.07, 6.45) is 1.74. The summed E-state index contributed by atoms with van der Waals surface area (Å²) in [5.74, 6) is 1.56. The first kappa shape index (κ1) is 18.9. The lowest BCUT2D eigenvalue weighted by Gasteiger charge is -2.16. The molecular formula is C27H23ClN2. The maximum absolute atomic E-state index is 6.28. The van der Waals surface area contributed by atoms with Crippen molar-refractivity contribution in [2.75, 3.05) is 5.88 Å². The summed E-state index contributed by atoms with van der Waals surface area (Å²) in [6, 6.07) is 29.6. The fourth-order valence-corrected chi connectivity index (χ4v) is 4.67. The van der Waals surface area contributed by atoms with Crippen LogP contribution in [0, 0.1) is 0 Å². The number of benzene rings is 3. The van der Waals surface area contributed by atoms with Crippen LogP contribution in [0.4, 0.5) is 0 Å². The van der Waals surface area contributed by atoms with E-state index in [1.807, 2.05) is 6.07 Å². The molecule has 0 radical (unpaired) electrons. The van der Waals surface area contributed by atoms with E-state index in [0.717, 1.165) is 35.5 Å². The largest absolute Gasteiger partial charge is 0.293 e. The quantitative estimate of drug-likeness (QED) is 0.281. The van der Waals surface area contributed by atoms with Gasteiger partial charge in [0.1, 0.15) is 5.82 Å². The number of aryl methyl sites for hydroxylation is 2. The number of aromatic nitrogens is 2. The molecule has 0 fully saturated rings. The van der Waals surface area contributed by atoms with Gasteiger partial charge in [-0.15, -0.1) is 11.6 Å². The van der Waals surface area contributed by atoms with Crippen LogP contribution in [0.25, 0.3) is 39.1 Å². The van der Waals surface area contributed by atoms with E-state index in [4.69, 9.17) is 16.6 Å². The number of rotatable bonds is 5. The van der Waals surface area contributed by atoms with Crippen LogP contribution in [-0.2, 0) is 12.8 Å². The van der Waals surface area contributed by atoms with Crippen molar-refractivity contribution >= 4 is 28.0 Å². The van der Waals surface area contributed by atoms with Gasteiger partial charge in [0.05, 0.1) is 16.7 Å². The predicted octanol–water partition coefficient (Wildman–Crippen LogP) is 7.17. The highest BCUT2D eigenvalue weighted by atomic mass is 35.5. The van der Waals surface area contributed by atoms with Crippen LogP contribution in [-0.4, -0.2) is 15.3 Å². The Morgan fingerprint density at radius 2 is 1.40 bits per heavy atom. The lowest BCUT2D eigenvalue weighted by Crippen LogP contribution is -2.04. The first-order chi connectivity index (χ1) is 14.8. The van der Waals surface area contributed by atoms with E-state index in [2.05, 4.69) is 90.2 Å². The number of hydrogen-bond donors (Lipinski definition) is 0. The Morgan fingerprint density at radius 3 is 2.07 bits per heavy atom. The smallest absolute Gasteiger partial charge is 0.145 e. The zero-order chi connectivity index (χ0) is 20.5. The fourth-order valence-electron chi connectivity index (χ4n) is 4.48. The number of nitrogens with zero attached hydrogens (tertiary/aromatic N) is 2. The van der Waals surface area contributed by atoms with Crippen molar-refractivity contribution in [2.24, 2.45) is 0 Å². The van der Waals surface area contributed by atoms with Crippen LogP contribution in [0.1, 0.15) is 18.1 Å². The zero-order valence-corrected chi connectivity index (χ0v) is 17.7. The third kappa shape index (κ3) is 3.00. The fraction of sp³-hybridized carbons (Fsp3) is 0.148. The van der Waals surface area contributed by atoms with Gasteiger partial charge in [0, 0.05) is 28.0 Å². The van der Waals surface area contributed by atoms with Crippen molar-refractivity contribution in [3.8, 4) is 22.6 Å². The Balaban J connectivity index is 2.01. The van der Waals surface area contributed by atoms with Crippen LogP contribution >= 0.6 is 11.6 Å². The lowest BCUT2D eigenvalue weighted by molar-refractivity contribution is 1.05. The molecule has 3 heteroatoms. The first-order valence-corrected chi connectivity index (χ1v) is 11.0. The van der Waals surface area contributed by atoms with Crippen molar-refractivity contribution in [1.29, 1.82) is 0 Å². The van der Waals surface area contributed by atoms with E-state index >= 15 is 0 Å².